The molecule has 2 aromatic rings. The molecule has 16 heavy (non-hydrogen) atoms. The highest BCUT2D eigenvalue weighted by Gasteiger charge is 1.95. The van der Waals surface area contributed by atoms with Crippen LogP contribution in [0.25, 0.3) is 0 Å². The van der Waals surface area contributed by atoms with Gasteiger partial charge in [0.1, 0.15) is 12.2 Å². The molecule has 0 spiro atoms. The van der Waals surface area contributed by atoms with Gasteiger partial charge in [0.2, 0.25) is 0 Å². The maximum atomic E-state index is 2.25. The van der Waals surface area contributed by atoms with Crippen LogP contribution in [0.5, 0.6) is 0 Å². The molecule has 0 unspecified atom stereocenters. The van der Waals surface area contributed by atoms with Crippen molar-refractivity contribution in [1.82, 2.24) is 0 Å². The summed E-state index contributed by atoms with van der Waals surface area (Å²) < 4.78 is 0. The third kappa shape index (κ3) is 4.67. The standard InChI is InChI=1S/C13H13N.2ClH/c1-3-7-12(8-4-1)11-14-13-9-5-2-6-10-13;;/h1-10,14H,11H2;2*1H/p-1. The molecule has 0 aromatic heterocycles. The molecule has 2 aromatic carbocycles. The molecular weight excluding hydrogens is 241 g/mol. The summed E-state index contributed by atoms with van der Waals surface area (Å²) in [6.45, 7) is 1.00. The van der Waals surface area contributed by atoms with Crippen LogP contribution < -0.4 is 30.1 Å². The predicted octanol–water partition coefficient (Wildman–Crippen LogP) is -3.91. The lowest BCUT2D eigenvalue weighted by Gasteiger charge is -2.00. The Balaban J connectivity index is 0.00000112. The molecule has 0 aliphatic carbocycles. The quantitative estimate of drug-likeness (QED) is 0.540. The van der Waals surface area contributed by atoms with Crippen molar-refractivity contribution in [3.05, 3.63) is 66.2 Å². The first-order valence-electron chi connectivity index (χ1n) is 4.87. The lowest BCUT2D eigenvalue weighted by molar-refractivity contribution is -0.588. The molecule has 86 valence electrons. The molecule has 0 atom stereocenters. The van der Waals surface area contributed by atoms with Crippen LogP contribution in [0.2, 0.25) is 0 Å². The number of hydrogen-bond donors (Lipinski definition) is 1. The van der Waals surface area contributed by atoms with Crippen LogP contribution in [0.1, 0.15) is 5.56 Å². The van der Waals surface area contributed by atoms with E-state index in [1.165, 1.54) is 11.3 Å². The molecule has 0 bridgehead atoms. The van der Waals surface area contributed by atoms with E-state index in [1.54, 1.807) is 0 Å². The molecule has 0 fully saturated rings. The lowest BCUT2D eigenvalue weighted by Crippen LogP contribution is -3.00. The second kappa shape index (κ2) is 8.17. The van der Waals surface area contributed by atoms with Crippen molar-refractivity contribution >= 4 is 5.69 Å². The fraction of sp³-hybridized carbons (Fsp3) is 0.0769. The van der Waals surface area contributed by atoms with Gasteiger partial charge in [0.15, 0.2) is 0 Å². The van der Waals surface area contributed by atoms with E-state index >= 15 is 0 Å². The first-order valence-corrected chi connectivity index (χ1v) is 4.87. The summed E-state index contributed by atoms with van der Waals surface area (Å²) in [4.78, 5) is 0. The summed E-state index contributed by atoms with van der Waals surface area (Å²) in [6.07, 6.45) is 0. The second-order valence-corrected chi connectivity index (χ2v) is 3.30. The molecule has 0 aliphatic rings. The Morgan fingerprint density at radius 2 is 1.19 bits per heavy atom. The van der Waals surface area contributed by atoms with Crippen LogP contribution in [-0.2, 0) is 6.54 Å². The van der Waals surface area contributed by atoms with Crippen LogP contribution in [0.15, 0.2) is 60.7 Å². The van der Waals surface area contributed by atoms with Gasteiger partial charge < -0.3 is 30.1 Å². The summed E-state index contributed by atoms with van der Waals surface area (Å²) in [7, 11) is 0. The van der Waals surface area contributed by atoms with Crippen molar-refractivity contribution in [2.75, 3.05) is 0 Å². The molecule has 0 aliphatic heterocycles. The first-order chi connectivity index (χ1) is 6.95. The van der Waals surface area contributed by atoms with Gasteiger partial charge in [-0.15, -0.1) is 0 Å². The van der Waals surface area contributed by atoms with Gasteiger partial charge >= 0.3 is 0 Å². The molecule has 3 heteroatoms. The number of nitrogens with two attached hydrogens (primary N) is 1. The number of halogens is 2. The normalized spacial score (nSPS) is 8.75. The summed E-state index contributed by atoms with van der Waals surface area (Å²) in [5.74, 6) is 0. The van der Waals surface area contributed by atoms with Gasteiger partial charge in [-0.1, -0.05) is 48.5 Å². The Morgan fingerprint density at radius 3 is 1.75 bits per heavy atom. The largest absolute Gasteiger partial charge is 1.00 e. The van der Waals surface area contributed by atoms with Crippen LogP contribution in [0, 0.1) is 0 Å². The fourth-order valence-electron chi connectivity index (χ4n) is 1.44. The zero-order valence-corrected chi connectivity index (χ0v) is 10.3. The Bertz CT molecular complexity index is 336. The molecule has 0 amide bonds. The van der Waals surface area contributed by atoms with E-state index in [2.05, 4.69) is 53.8 Å². The Hall–Kier alpha value is -1.02. The maximum absolute atomic E-state index is 2.25. The summed E-state index contributed by atoms with van der Waals surface area (Å²) >= 11 is 0. The molecule has 0 saturated heterocycles. The highest BCUT2D eigenvalue weighted by molar-refractivity contribution is 5.27. The van der Waals surface area contributed by atoms with Gasteiger partial charge in [0.25, 0.3) is 0 Å². The van der Waals surface area contributed by atoms with Crippen LogP contribution >= 0.6 is 0 Å². The maximum Gasteiger partial charge on any atom is 0.129 e. The molecule has 1 nitrogen and oxygen atoms in total. The van der Waals surface area contributed by atoms with Crippen molar-refractivity contribution in [2.24, 2.45) is 0 Å². The first kappa shape index (κ1) is 15.0. The smallest absolute Gasteiger partial charge is 0.129 e. The third-order valence-corrected chi connectivity index (χ3v) is 2.22. The Kier molecular flexibility index (Phi) is 7.65. The van der Waals surface area contributed by atoms with Gasteiger partial charge in [-0.2, -0.15) is 0 Å². The van der Waals surface area contributed by atoms with Crippen LogP contribution in [0.4, 0.5) is 5.69 Å². The lowest BCUT2D eigenvalue weighted by atomic mass is 10.2. The molecule has 0 radical (unpaired) electrons. The van der Waals surface area contributed by atoms with Crippen molar-refractivity contribution in [3.8, 4) is 0 Å². The third-order valence-electron chi connectivity index (χ3n) is 2.22. The van der Waals surface area contributed by atoms with Gasteiger partial charge in [-0.25, -0.2) is 0 Å². The van der Waals surface area contributed by atoms with Crippen LogP contribution in [0.3, 0.4) is 0 Å². The average molecular weight is 255 g/mol. The highest BCUT2D eigenvalue weighted by Crippen LogP contribution is 1.99. The monoisotopic (exact) mass is 254 g/mol. The van der Waals surface area contributed by atoms with E-state index in [0.717, 1.165) is 6.54 Å². The van der Waals surface area contributed by atoms with Crippen molar-refractivity contribution in [3.63, 3.8) is 0 Å². The van der Waals surface area contributed by atoms with Crippen molar-refractivity contribution in [2.45, 2.75) is 6.54 Å². The van der Waals surface area contributed by atoms with E-state index in [4.69, 9.17) is 0 Å². The van der Waals surface area contributed by atoms with E-state index in [1.807, 2.05) is 12.1 Å². The minimum atomic E-state index is 0. The fourth-order valence-corrected chi connectivity index (χ4v) is 1.44. The zero-order chi connectivity index (χ0) is 9.64. The SMILES string of the molecule is [Cl-].[Cl-].c1ccc(C[NH2+]c2ccccc2)cc1. The van der Waals surface area contributed by atoms with E-state index in [9.17, 15) is 0 Å². The molecule has 0 heterocycles. The second-order valence-electron chi connectivity index (χ2n) is 3.30. The average Bonchev–Trinajstić information content (AvgIpc) is 2.29. The van der Waals surface area contributed by atoms with E-state index in [-0.39, 0.29) is 24.8 Å². The summed E-state index contributed by atoms with van der Waals surface area (Å²) in [5.41, 5.74) is 2.65. The number of quaternary nitrogens is 1. The van der Waals surface area contributed by atoms with Crippen LogP contribution in [-0.4, -0.2) is 0 Å². The van der Waals surface area contributed by atoms with E-state index < -0.39 is 0 Å². The molecule has 2 rings (SSSR count). The summed E-state index contributed by atoms with van der Waals surface area (Å²) in [5, 5.41) is 2.25. The number of benzene rings is 2. The Labute approximate surface area is 109 Å². The minimum Gasteiger partial charge on any atom is -1.00 e. The van der Waals surface area contributed by atoms with Gasteiger partial charge in [0, 0.05) is 5.56 Å². The number of rotatable bonds is 3. The molecule has 0 saturated carbocycles. The van der Waals surface area contributed by atoms with Gasteiger partial charge in [-0.3, -0.25) is 0 Å². The highest BCUT2D eigenvalue weighted by atomic mass is 35.5. The minimum absolute atomic E-state index is 0. The Morgan fingerprint density at radius 1 is 0.688 bits per heavy atom. The number of hydrogen-bond acceptors (Lipinski definition) is 0. The molecular formula is C13H14Cl2N-. The van der Waals surface area contributed by atoms with Gasteiger partial charge in [-0.05, 0) is 12.1 Å². The van der Waals surface area contributed by atoms with Crippen molar-refractivity contribution in [1.29, 1.82) is 0 Å². The molecule has 2 N–H and O–H groups in total. The summed E-state index contributed by atoms with van der Waals surface area (Å²) in [6, 6.07) is 20.9. The van der Waals surface area contributed by atoms with Crippen molar-refractivity contribution < 1.29 is 30.1 Å². The predicted molar refractivity (Wildman–Crippen MR) is 58.2 cm³/mol. The van der Waals surface area contributed by atoms with E-state index in [0.29, 0.717) is 0 Å². The number of para-hydroxylation sites is 1. The topological polar surface area (TPSA) is 16.6 Å². The zero-order valence-electron chi connectivity index (χ0n) is 8.81. The van der Waals surface area contributed by atoms with Gasteiger partial charge in [0.05, 0.1) is 0 Å².